The molecular formula is C6H10BrO2. The fourth-order valence-electron chi connectivity index (χ4n) is 0.583. The lowest BCUT2D eigenvalue weighted by atomic mass is 10.1. The first-order chi connectivity index (χ1) is 4.04. The van der Waals surface area contributed by atoms with Crippen LogP contribution in [-0.2, 0) is 9.90 Å². The third-order valence-corrected chi connectivity index (χ3v) is 1.45. The molecule has 0 aromatic heterocycles. The molecule has 0 saturated heterocycles. The van der Waals surface area contributed by atoms with Gasteiger partial charge in [-0.1, -0.05) is 29.8 Å². The second kappa shape index (κ2) is 3.88. The number of carbonyl (C=O) groups is 1. The van der Waals surface area contributed by atoms with Crippen LogP contribution in [0.3, 0.4) is 0 Å². The van der Waals surface area contributed by atoms with Crippen molar-refractivity contribution in [3.63, 3.8) is 0 Å². The van der Waals surface area contributed by atoms with Crippen LogP contribution in [0.5, 0.6) is 0 Å². The maximum absolute atomic E-state index is 10.1. The van der Waals surface area contributed by atoms with Crippen LogP contribution in [0.25, 0.3) is 0 Å². The number of halogens is 1. The minimum Gasteiger partial charge on any atom is -0.247 e. The predicted molar refractivity (Wildman–Crippen MR) is 37.9 cm³/mol. The van der Waals surface area contributed by atoms with Gasteiger partial charge in [0.15, 0.2) is 0 Å². The van der Waals surface area contributed by atoms with Crippen LogP contribution in [0.1, 0.15) is 20.3 Å². The SMILES string of the molecule is CC(Br)CC(C)C([O])=O. The van der Waals surface area contributed by atoms with Crippen molar-refractivity contribution in [1.29, 1.82) is 0 Å². The van der Waals surface area contributed by atoms with E-state index in [-0.39, 0.29) is 10.7 Å². The minimum atomic E-state index is -0.971. The predicted octanol–water partition coefficient (Wildman–Crippen LogP) is 1.75. The topological polar surface area (TPSA) is 37.0 Å². The van der Waals surface area contributed by atoms with E-state index in [0.29, 0.717) is 6.42 Å². The Morgan fingerprint density at radius 2 is 2.00 bits per heavy atom. The third kappa shape index (κ3) is 4.45. The van der Waals surface area contributed by atoms with Gasteiger partial charge in [-0.25, -0.2) is 9.90 Å². The second-order valence-electron chi connectivity index (χ2n) is 2.24. The lowest BCUT2D eigenvalue weighted by Crippen LogP contribution is -2.11. The average molecular weight is 194 g/mol. The highest BCUT2D eigenvalue weighted by atomic mass is 79.9. The van der Waals surface area contributed by atoms with Gasteiger partial charge in [0.2, 0.25) is 0 Å². The molecule has 0 aliphatic rings. The van der Waals surface area contributed by atoms with Crippen LogP contribution in [0.15, 0.2) is 0 Å². The van der Waals surface area contributed by atoms with Gasteiger partial charge < -0.3 is 0 Å². The van der Waals surface area contributed by atoms with E-state index in [2.05, 4.69) is 15.9 Å². The maximum Gasteiger partial charge on any atom is 0.358 e. The molecule has 0 N–H and O–H groups in total. The van der Waals surface area contributed by atoms with E-state index in [1.165, 1.54) is 0 Å². The van der Waals surface area contributed by atoms with E-state index < -0.39 is 5.97 Å². The van der Waals surface area contributed by atoms with Crippen molar-refractivity contribution in [3.8, 4) is 0 Å². The molecule has 0 heterocycles. The van der Waals surface area contributed by atoms with Gasteiger partial charge in [0.05, 0.1) is 5.92 Å². The van der Waals surface area contributed by atoms with E-state index >= 15 is 0 Å². The minimum absolute atomic E-state index is 0.255. The lowest BCUT2D eigenvalue weighted by Gasteiger charge is -2.04. The van der Waals surface area contributed by atoms with Crippen LogP contribution < -0.4 is 0 Å². The Balaban J connectivity index is 3.50. The average Bonchev–Trinajstić information content (AvgIpc) is 1.63. The summed E-state index contributed by atoms with van der Waals surface area (Å²) >= 11 is 3.25. The van der Waals surface area contributed by atoms with Crippen molar-refractivity contribution in [2.75, 3.05) is 0 Å². The number of hydrogen-bond donors (Lipinski definition) is 0. The summed E-state index contributed by atoms with van der Waals surface area (Å²) in [6, 6.07) is 0. The van der Waals surface area contributed by atoms with Crippen LogP contribution in [0.4, 0.5) is 0 Å². The molecule has 1 radical (unpaired) electrons. The molecule has 0 saturated carbocycles. The first-order valence-electron chi connectivity index (χ1n) is 2.89. The van der Waals surface area contributed by atoms with Crippen molar-refractivity contribution in [2.24, 2.45) is 5.92 Å². The van der Waals surface area contributed by atoms with E-state index in [0.717, 1.165) is 0 Å². The van der Waals surface area contributed by atoms with Crippen molar-refractivity contribution in [2.45, 2.75) is 25.1 Å². The molecule has 9 heavy (non-hydrogen) atoms. The fraction of sp³-hybridized carbons (Fsp3) is 0.833. The molecule has 0 spiro atoms. The zero-order valence-corrected chi connectivity index (χ0v) is 7.14. The Hall–Kier alpha value is -0.0500. The Bertz CT molecular complexity index is 101. The Morgan fingerprint density at radius 3 is 2.11 bits per heavy atom. The van der Waals surface area contributed by atoms with Crippen molar-refractivity contribution < 1.29 is 9.90 Å². The normalized spacial score (nSPS) is 16.8. The monoisotopic (exact) mass is 193 g/mol. The lowest BCUT2D eigenvalue weighted by molar-refractivity contribution is -0.147. The van der Waals surface area contributed by atoms with Crippen LogP contribution in [0, 0.1) is 5.92 Å². The van der Waals surface area contributed by atoms with E-state index in [9.17, 15) is 9.90 Å². The van der Waals surface area contributed by atoms with Gasteiger partial charge in [0.1, 0.15) is 0 Å². The molecule has 2 unspecified atom stereocenters. The van der Waals surface area contributed by atoms with Crippen molar-refractivity contribution >= 4 is 21.9 Å². The summed E-state index contributed by atoms with van der Waals surface area (Å²) in [4.78, 5) is 10.4. The molecule has 0 fully saturated rings. The Labute approximate surface area is 63.4 Å². The Morgan fingerprint density at radius 1 is 1.56 bits per heavy atom. The highest BCUT2D eigenvalue weighted by molar-refractivity contribution is 9.09. The van der Waals surface area contributed by atoms with E-state index in [4.69, 9.17) is 0 Å². The summed E-state index contributed by atoms with van der Waals surface area (Å²) in [5.41, 5.74) is 0. The highest BCUT2D eigenvalue weighted by Crippen LogP contribution is 2.11. The molecule has 0 aromatic carbocycles. The van der Waals surface area contributed by atoms with Gasteiger partial charge in [-0.3, -0.25) is 0 Å². The molecule has 0 bridgehead atoms. The molecule has 0 aromatic rings. The summed E-state index contributed by atoms with van der Waals surface area (Å²) in [5.74, 6) is -1.32. The molecule has 0 amide bonds. The third-order valence-electron chi connectivity index (χ3n) is 1.08. The summed E-state index contributed by atoms with van der Waals surface area (Å²) < 4.78 is 0. The number of rotatable bonds is 3. The highest BCUT2D eigenvalue weighted by Gasteiger charge is 2.14. The van der Waals surface area contributed by atoms with Crippen LogP contribution >= 0.6 is 15.9 Å². The van der Waals surface area contributed by atoms with Gasteiger partial charge in [0.25, 0.3) is 0 Å². The molecule has 53 valence electrons. The summed E-state index contributed by atoms with van der Waals surface area (Å²) in [6.45, 7) is 3.56. The van der Waals surface area contributed by atoms with E-state index in [1.807, 2.05) is 6.92 Å². The molecule has 3 heteroatoms. The van der Waals surface area contributed by atoms with Gasteiger partial charge in [-0.05, 0) is 6.42 Å². The molecular weight excluding hydrogens is 184 g/mol. The molecule has 2 atom stereocenters. The summed E-state index contributed by atoms with van der Waals surface area (Å²) in [5, 5.41) is 10.1. The van der Waals surface area contributed by atoms with Gasteiger partial charge in [-0.15, -0.1) is 0 Å². The summed E-state index contributed by atoms with van der Waals surface area (Å²) in [6.07, 6.45) is 0.627. The van der Waals surface area contributed by atoms with Gasteiger partial charge >= 0.3 is 5.97 Å². The molecule has 0 aliphatic heterocycles. The van der Waals surface area contributed by atoms with Crippen molar-refractivity contribution in [1.82, 2.24) is 0 Å². The summed E-state index contributed by atoms with van der Waals surface area (Å²) in [7, 11) is 0. The largest absolute Gasteiger partial charge is 0.358 e. The second-order valence-corrected chi connectivity index (χ2v) is 3.80. The number of hydrogen-bond acceptors (Lipinski definition) is 1. The zero-order valence-electron chi connectivity index (χ0n) is 5.56. The molecule has 0 aliphatic carbocycles. The number of carbonyl (C=O) groups excluding carboxylic acids is 1. The first kappa shape index (κ1) is 8.95. The number of alkyl halides is 1. The smallest absolute Gasteiger partial charge is 0.247 e. The van der Waals surface area contributed by atoms with Gasteiger partial charge in [0, 0.05) is 4.83 Å². The molecule has 2 nitrogen and oxygen atoms in total. The standard InChI is InChI=1S/C6H10BrO2/c1-4(6(8)9)3-5(2)7/h4-5H,3H2,1-2H3. The van der Waals surface area contributed by atoms with Gasteiger partial charge in [-0.2, -0.15) is 0 Å². The van der Waals surface area contributed by atoms with Crippen molar-refractivity contribution in [3.05, 3.63) is 0 Å². The Kier molecular flexibility index (Phi) is 3.86. The maximum atomic E-state index is 10.1. The fourth-order valence-corrected chi connectivity index (χ4v) is 1.14. The van der Waals surface area contributed by atoms with E-state index in [1.54, 1.807) is 6.92 Å². The van der Waals surface area contributed by atoms with Crippen LogP contribution in [0.2, 0.25) is 0 Å². The first-order valence-corrected chi connectivity index (χ1v) is 3.80. The van der Waals surface area contributed by atoms with Crippen LogP contribution in [-0.4, -0.2) is 10.8 Å². The quantitative estimate of drug-likeness (QED) is 0.630. The zero-order chi connectivity index (χ0) is 7.44. The molecule has 0 rings (SSSR count).